The quantitative estimate of drug-likeness (QED) is 0.680. The highest BCUT2D eigenvalue weighted by Crippen LogP contribution is 2.28. The number of halogens is 1. The highest BCUT2D eigenvalue weighted by molar-refractivity contribution is 7.13. The zero-order valence-corrected chi connectivity index (χ0v) is 17.1. The molecule has 0 saturated heterocycles. The summed E-state index contributed by atoms with van der Waals surface area (Å²) in [5.74, 6) is -0.623. The molecule has 2 N–H and O–H groups in total. The average Bonchev–Trinajstić information content (AvgIpc) is 3.12. The topological polar surface area (TPSA) is 85.5 Å². The van der Waals surface area contributed by atoms with Gasteiger partial charge in [0.25, 0.3) is 5.91 Å². The second kappa shape index (κ2) is 8.23. The van der Waals surface area contributed by atoms with E-state index in [4.69, 9.17) is 10.5 Å². The van der Waals surface area contributed by atoms with E-state index in [1.807, 2.05) is 24.3 Å². The van der Waals surface area contributed by atoms with Gasteiger partial charge in [-0.15, -0.1) is 11.3 Å². The Hall–Kier alpha value is -3.26. The number of primary amides is 1. The van der Waals surface area contributed by atoms with Crippen molar-refractivity contribution in [1.29, 1.82) is 0 Å². The molecule has 8 heteroatoms. The SMILES string of the molecule is Cc1nc(COc2ccc(F)cc2)sc1C(=O)N1Cc2ccccc2CC1C(N)=O. The molecule has 0 spiro atoms. The summed E-state index contributed by atoms with van der Waals surface area (Å²) in [7, 11) is 0. The molecule has 2 heterocycles. The monoisotopic (exact) mass is 425 g/mol. The minimum atomic E-state index is -0.701. The van der Waals surface area contributed by atoms with Gasteiger partial charge < -0.3 is 15.4 Å². The Kier molecular flexibility index (Phi) is 5.50. The summed E-state index contributed by atoms with van der Waals surface area (Å²) in [5, 5.41) is 0.619. The van der Waals surface area contributed by atoms with Crippen LogP contribution in [0.1, 0.15) is 31.5 Å². The second-order valence-corrected chi connectivity index (χ2v) is 8.17. The number of ether oxygens (including phenoxy) is 1. The molecule has 154 valence electrons. The molecular formula is C22H20FN3O3S. The van der Waals surface area contributed by atoms with Gasteiger partial charge in [0.05, 0.1) is 5.69 Å². The Labute approximate surface area is 177 Å². The van der Waals surface area contributed by atoms with E-state index in [0.717, 1.165) is 11.1 Å². The van der Waals surface area contributed by atoms with Gasteiger partial charge in [-0.3, -0.25) is 9.59 Å². The lowest BCUT2D eigenvalue weighted by atomic mass is 9.93. The molecule has 2 aromatic carbocycles. The van der Waals surface area contributed by atoms with Crippen molar-refractivity contribution in [2.45, 2.75) is 32.5 Å². The zero-order valence-electron chi connectivity index (χ0n) is 16.3. The predicted octanol–water partition coefficient (Wildman–Crippen LogP) is 3.22. The number of carbonyl (C=O) groups is 2. The molecule has 4 rings (SSSR count). The van der Waals surface area contributed by atoms with Crippen LogP contribution in [-0.4, -0.2) is 27.7 Å². The summed E-state index contributed by atoms with van der Waals surface area (Å²) < 4.78 is 18.6. The number of rotatable bonds is 5. The van der Waals surface area contributed by atoms with Gasteiger partial charge in [-0.2, -0.15) is 0 Å². The molecule has 0 aliphatic carbocycles. The van der Waals surface area contributed by atoms with Crippen molar-refractivity contribution in [3.8, 4) is 5.75 Å². The first-order valence-corrected chi connectivity index (χ1v) is 10.3. The molecule has 1 aromatic heterocycles. The fraction of sp³-hybridized carbons (Fsp3) is 0.227. The number of benzene rings is 2. The molecule has 0 bridgehead atoms. The number of hydrogen-bond acceptors (Lipinski definition) is 5. The van der Waals surface area contributed by atoms with Crippen LogP contribution < -0.4 is 10.5 Å². The van der Waals surface area contributed by atoms with Crippen LogP contribution in [0.5, 0.6) is 5.75 Å². The maximum atomic E-state index is 13.3. The number of fused-ring (bicyclic) bond motifs is 1. The Bertz CT molecular complexity index is 1100. The van der Waals surface area contributed by atoms with Crippen molar-refractivity contribution in [3.05, 3.63) is 81.1 Å². The summed E-state index contributed by atoms with van der Waals surface area (Å²) in [6, 6.07) is 12.7. The van der Waals surface area contributed by atoms with E-state index < -0.39 is 11.9 Å². The van der Waals surface area contributed by atoms with Crippen molar-refractivity contribution in [2.75, 3.05) is 0 Å². The highest BCUT2D eigenvalue weighted by atomic mass is 32.1. The number of carbonyl (C=O) groups excluding carboxylic acids is 2. The fourth-order valence-electron chi connectivity index (χ4n) is 3.51. The molecule has 1 atom stereocenters. The lowest BCUT2D eigenvalue weighted by Gasteiger charge is -2.34. The number of thiazole rings is 1. The standard InChI is InChI=1S/C22H20FN3O3S/c1-13-20(30-19(25-13)12-29-17-8-6-16(23)7-9-17)22(28)26-11-15-5-3-2-4-14(15)10-18(26)21(24)27/h2-9,18H,10-12H2,1H3,(H2,24,27). The Morgan fingerprint density at radius 3 is 2.60 bits per heavy atom. The van der Waals surface area contributed by atoms with E-state index in [2.05, 4.69) is 4.98 Å². The zero-order chi connectivity index (χ0) is 21.3. The Morgan fingerprint density at radius 1 is 1.20 bits per heavy atom. The van der Waals surface area contributed by atoms with E-state index >= 15 is 0 Å². The van der Waals surface area contributed by atoms with Crippen LogP contribution in [0.4, 0.5) is 4.39 Å². The summed E-state index contributed by atoms with van der Waals surface area (Å²) in [4.78, 5) is 31.7. The fourth-order valence-corrected chi connectivity index (χ4v) is 4.44. The number of nitrogens with two attached hydrogens (primary N) is 1. The van der Waals surface area contributed by atoms with E-state index in [9.17, 15) is 14.0 Å². The second-order valence-electron chi connectivity index (χ2n) is 7.09. The van der Waals surface area contributed by atoms with Crippen LogP contribution in [0.15, 0.2) is 48.5 Å². The van der Waals surface area contributed by atoms with Crippen LogP contribution >= 0.6 is 11.3 Å². The average molecular weight is 425 g/mol. The summed E-state index contributed by atoms with van der Waals surface area (Å²) in [5.41, 5.74) is 8.21. The molecule has 1 aliphatic rings. The van der Waals surface area contributed by atoms with E-state index in [-0.39, 0.29) is 18.3 Å². The first-order valence-electron chi connectivity index (χ1n) is 9.44. The predicted molar refractivity (Wildman–Crippen MR) is 111 cm³/mol. The molecule has 1 aliphatic heterocycles. The largest absolute Gasteiger partial charge is 0.486 e. The van der Waals surface area contributed by atoms with Gasteiger partial charge in [0.1, 0.15) is 34.1 Å². The number of amides is 2. The first kappa shape index (κ1) is 20.0. The Balaban J connectivity index is 1.53. The Morgan fingerprint density at radius 2 is 1.90 bits per heavy atom. The van der Waals surface area contributed by atoms with Crippen LogP contribution in [0, 0.1) is 12.7 Å². The van der Waals surface area contributed by atoms with Crippen molar-refractivity contribution >= 4 is 23.2 Å². The van der Waals surface area contributed by atoms with Crippen LogP contribution in [0.25, 0.3) is 0 Å². The summed E-state index contributed by atoms with van der Waals surface area (Å²) >= 11 is 1.23. The molecule has 2 amide bonds. The molecule has 0 fully saturated rings. The molecule has 6 nitrogen and oxygen atoms in total. The molecular weight excluding hydrogens is 405 g/mol. The number of aromatic nitrogens is 1. The van der Waals surface area contributed by atoms with E-state index in [1.54, 1.807) is 6.92 Å². The highest BCUT2D eigenvalue weighted by Gasteiger charge is 2.35. The van der Waals surface area contributed by atoms with Crippen molar-refractivity contribution in [2.24, 2.45) is 5.73 Å². The molecule has 3 aromatic rings. The molecule has 0 saturated carbocycles. The van der Waals surface area contributed by atoms with Gasteiger partial charge in [-0.1, -0.05) is 24.3 Å². The number of aryl methyl sites for hydroxylation is 1. The van der Waals surface area contributed by atoms with Crippen LogP contribution in [0.3, 0.4) is 0 Å². The number of hydrogen-bond donors (Lipinski definition) is 1. The third kappa shape index (κ3) is 4.04. The maximum Gasteiger partial charge on any atom is 0.266 e. The van der Waals surface area contributed by atoms with Gasteiger partial charge in [-0.05, 0) is 42.3 Å². The van der Waals surface area contributed by atoms with E-state index in [0.29, 0.717) is 34.3 Å². The first-order chi connectivity index (χ1) is 14.4. The van der Waals surface area contributed by atoms with Gasteiger partial charge in [0, 0.05) is 13.0 Å². The van der Waals surface area contributed by atoms with Crippen molar-refractivity contribution in [1.82, 2.24) is 9.88 Å². The third-order valence-electron chi connectivity index (χ3n) is 5.05. The minimum Gasteiger partial charge on any atom is -0.486 e. The minimum absolute atomic E-state index is 0.159. The molecule has 30 heavy (non-hydrogen) atoms. The van der Waals surface area contributed by atoms with Crippen molar-refractivity contribution < 1.29 is 18.7 Å². The van der Waals surface area contributed by atoms with Gasteiger partial charge in [0.2, 0.25) is 5.91 Å². The molecule has 1 unspecified atom stereocenters. The summed E-state index contributed by atoms with van der Waals surface area (Å²) in [6.07, 6.45) is 0.398. The number of nitrogens with zero attached hydrogens (tertiary/aromatic N) is 2. The maximum absolute atomic E-state index is 13.3. The lowest BCUT2D eigenvalue weighted by molar-refractivity contribution is -0.122. The van der Waals surface area contributed by atoms with E-state index in [1.165, 1.54) is 40.5 Å². The van der Waals surface area contributed by atoms with Gasteiger partial charge in [-0.25, -0.2) is 9.37 Å². The van der Waals surface area contributed by atoms with Crippen LogP contribution in [0.2, 0.25) is 0 Å². The van der Waals surface area contributed by atoms with Crippen LogP contribution in [-0.2, 0) is 24.4 Å². The smallest absolute Gasteiger partial charge is 0.266 e. The molecule has 0 radical (unpaired) electrons. The third-order valence-corrected chi connectivity index (χ3v) is 6.17. The summed E-state index contributed by atoms with van der Waals surface area (Å²) in [6.45, 7) is 2.23. The normalized spacial score (nSPS) is 15.5. The van der Waals surface area contributed by atoms with Gasteiger partial charge in [0.15, 0.2) is 0 Å². The lowest BCUT2D eigenvalue weighted by Crippen LogP contribution is -2.51. The van der Waals surface area contributed by atoms with Crippen molar-refractivity contribution in [3.63, 3.8) is 0 Å². The van der Waals surface area contributed by atoms with Gasteiger partial charge >= 0.3 is 0 Å².